The van der Waals surface area contributed by atoms with Gasteiger partial charge in [-0.1, -0.05) is 12.1 Å². The van der Waals surface area contributed by atoms with Gasteiger partial charge in [-0.2, -0.15) is 0 Å². The van der Waals surface area contributed by atoms with Crippen LogP contribution in [0.15, 0.2) is 63.1 Å². The summed E-state index contributed by atoms with van der Waals surface area (Å²) < 4.78 is 34.7. The predicted molar refractivity (Wildman–Crippen MR) is 89.5 cm³/mol. The Hall–Kier alpha value is -2.52. The van der Waals surface area contributed by atoms with Crippen molar-refractivity contribution < 1.29 is 22.4 Å². The molecule has 7 nitrogen and oxygen atoms in total. The van der Waals surface area contributed by atoms with Crippen molar-refractivity contribution in [3.05, 3.63) is 48.5 Å². The Kier molecular flexibility index (Phi) is 4.45. The zero-order chi connectivity index (χ0) is 17.2. The number of nitrogens with one attached hydrogen (secondary N) is 1. The highest BCUT2D eigenvalue weighted by atomic mass is 33.1. The van der Waals surface area contributed by atoms with Gasteiger partial charge in [0, 0.05) is 5.69 Å². The highest BCUT2D eigenvalue weighted by Gasteiger charge is 2.20. The second-order valence-electron chi connectivity index (χ2n) is 4.63. The molecule has 9 heteroatoms. The number of hydrogen-bond acceptors (Lipinski definition) is 7. The van der Waals surface area contributed by atoms with Crippen LogP contribution in [0.3, 0.4) is 0 Å². The van der Waals surface area contributed by atoms with Crippen molar-refractivity contribution >= 4 is 42.5 Å². The van der Waals surface area contributed by atoms with Gasteiger partial charge in [0.1, 0.15) is 5.52 Å². The number of benzene rings is 2. The van der Waals surface area contributed by atoms with Crippen molar-refractivity contribution in [2.45, 2.75) is 10.1 Å². The molecule has 0 aliphatic rings. The van der Waals surface area contributed by atoms with Crippen molar-refractivity contribution in [1.82, 2.24) is 4.98 Å². The molecular weight excluding hydrogens is 352 g/mol. The summed E-state index contributed by atoms with van der Waals surface area (Å²) in [5.41, 5.74) is 1.54. The third kappa shape index (κ3) is 3.52. The number of hydrogen-bond donors (Lipinski definition) is 1. The maximum Gasteiger partial charge on any atom is 0.411 e. The molecule has 1 N–H and O–H groups in total. The summed E-state index contributed by atoms with van der Waals surface area (Å²) >= 11 is 0. The standard InChI is InChI=1S/C15H12N2O5S2/c1-21-14(18)16-10-6-8-11(9-7-10)24(19,20)23-15-17-12-4-2-3-5-13(12)22-15/h2-9H,1H3,(H,16,18). The third-order valence-corrected chi connectivity index (χ3v) is 6.08. The normalized spacial score (nSPS) is 11.4. The molecule has 0 unspecified atom stereocenters. The second kappa shape index (κ2) is 6.54. The lowest BCUT2D eigenvalue weighted by Gasteiger charge is -2.05. The second-order valence-corrected chi connectivity index (χ2v) is 8.34. The van der Waals surface area contributed by atoms with E-state index < -0.39 is 15.0 Å². The third-order valence-electron chi connectivity index (χ3n) is 3.03. The van der Waals surface area contributed by atoms with E-state index in [-0.39, 0.29) is 10.1 Å². The number of ether oxygens (including phenoxy) is 1. The molecule has 1 aromatic heterocycles. The number of aromatic nitrogens is 1. The van der Waals surface area contributed by atoms with Crippen LogP contribution in [0.5, 0.6) is 0 Å². The van der Waals surface area contributed by atoms with Gasteiger partial charge in [-0.3, -0.25) is 5.32 Å². The molecule has 0 aliphatic heterocycles. The number of amides is 1. The van der Waals surface area contributed by atoms with Crippen LogP contribution in [0, 0.1) is 0 Å². The van der Waals surface area contributed by atoms with Crippen LogP contribution in [-0.4, -0.2) is 26.6 Å². The highest BCUT2D eigenvalue weighted by molar-refractivity contribution is 8.72. The van der Waals surface area contributed by atoms with Crippen molar-refractivity contribution in [3.63, 3.8) is 0 Å². The lowest BCUT2D eigenvalue weighted by molar-refractivity contribution is 0.187. The molecular formula is C15H12N2O5S2. The Morgan fingerprint density at radius 1 is 1.17 bits per heavy atom. The van der Waals surface area contributed by atoms with E-state index in [1.54, 1.807) is 24.3 Å². The first-order valence-corrected chi connectivity index (χ1v) is 9.55. The number of nitrogens with zero attached hydrogens (tertiary/aromatic N) is 1. The lowest BCUT2D eigenvalue weighted by atomic mass is 10.3. The molecule has 124 valence electrons. The minimum Gasteiger partial charge on any atom is -0.453 e. The first-order chi connectivity index (χ1) is 11.5. The molecule has 1 heterocycles. The Morgan fingerprint density at radius 3 is 2.54 bits per heavy atom. The summed E-state index contributed by atoms with van der Waals surface area (Å²) in [7, 11) is -1.92. The van der Waals surface area contributed by atoms with E-state index in [4.69, 9.17) is 4.42 Å². The number of methoxy groups -OCH3 is 1. The molecule has 24 heavy (non-hydrogen) atoms. The quantitative estimate of drug-likeness (QED) is 0.708. The Morgan fingerprint density at radius 2 is 1.88 bits per heavy atom. The van der Waals surface area contributed by atoms with Crippen molar-refractivity contribution in [2.75, 3.05) is 12.4 Å². The highest BCUT2D eigenvalue weighted by Crippen LogP contribution is 2.32. The molecule has 0 saturated carbocycles. The summed E-state index contributed by atoms with van der Waals surface area (Å²) in [5, 5.41) is 2.49. The molecule has 0 radical (unpaired) electrons. The molecule has 3 aromatic rings. The SMILES string of the molecule is COC(=O)Nc1ccc(S(=O)(=O)Sc2nc3ccccc3o2)cc1. The van der Waals surface area contributed by atoms with Gasteiger partial charge < -0.3 is 9.15 Å². The summed E-state index contributed by atoms with van der Waals surface area (Å²) in [4.78, 5) is 15.3. The molecule has 2 aromatic carbocycles. The smallest absolute Gasteiger partial charge is 0.411 e. The van der Waals surface area contributed by atoms with Crippen LogP contribution in [-0.2, 0) is 13.6 Å². The first-order valence-electron chi connectivity index (χ1n) is 6.73. The van der Waals surface area contributed by atoms with Gasteiger partial charge in [0.2, 0.25) is 8.87 Å². The molecule has 0 saturated heterocycles. The Labute approximate surface area is 141 Å². The number of oxazole rings is 1. The molecule has 0 atom stereocenters. The predicted octanol–water partition coefficient (Wildman–Crippen LogP) is 3.49. The minimum atomic E-state index is -3.70. The van der Waals surface area contributed by atoms with E-state index in [1.807, 2.05) is 0 Å². The fourth-order valence-electron chi connectivity index (χ4n) is 1.90. The number of para-hydroxylation sites is 2. The van der Waals surface area contributed by atoms with Crippen molar-refractivity contribution in [2.24, 2.45) is 0 Å². The van der Waals surface area contributed by atoms with E-state index in [0.29, 0.717) is 27.6 Å². The van der Waals surface area contributed by atoms with Crippen LogP contribution in [0.25, 0.3) is 11.1 Å². The van der Waals surface area contributed by atoms with Gasteiger partial charge in [-0.15, -0.1) is 0 Å². The largest absolute Gasteiger partial charge is 0.453 e. The van der Waals surface area contributed by atoms with E-state index in [1.165, 1.54) is 31.4 Å². The molecule has 0 aliphatic carbocycles. The number of rotatable bonds is 4. The molecule has 0 spiro atoms. The number of carbonyl (C=O) groups is 1. The van der Waals surface area contributed by atoms with E-state index in [9.17, 15) is 13.2 Å². The van der Waals surface area contributed by atoms with Gasteiger partial charge in [0.05, 0.1) is 22.8 Å². The van der Waals surface area contributed by atoms with Gasteiger partial charge >= 0.3 is 6.09 Å². The first kappa shape index (κ1) is 16.3. The van der Waals surface area contributed by atoms with Gasteiger partial charge in [0.15, 0.2) is 5.58 Å². The van der Waals surface area contributed by atoms with Gasteiger partial charge in [-0.25, -0.2) is 18.2 Å². The maximum absolute atomic E-state index is 12.4. The fraction of sp³-hybridized carbons (Fsp3) is 0.0667. The minimum absolute atomic E-state index is 0.0490. The number of fused-ring (bicyclic) bond motifs is 1. The van der Waals surface area contributed by atoms with E-state index >= 15 is 0 Å². The molecule has 1 amide bonds. The fourth-order valence-corrected chi connectivity index (χ4v) is 4.31. The van der Waals surface area contributed by atoms with Crippen molar-refractivity contribution in [1.29, 1.82) is 0 Å². The summed E-state index contributed by atoms with van der Waals surface area (Å²) in [6.45, 7) is 0. The number of anilines is 1. The van der Waals surface area contributed by atoms with Crippen LogP contribution < -0.4 is 5.32 Å². The van der Waals surface area contributed by atoms with Gasteiger partial charge in [-0.05, 0) is 36.4 Å². The molecule has 3 rings (SSSR count). The zero-order valence-corrected chi connectivity index (χ0v) is 14.1. The Balaban J connectivity index is 1.80. The van der Waals surface area contributed by atoms with Crippen LogP contribution in [0.1, 0.15) is 0 Å². The summed E-state index contributed by atoms with van der Waals surface area (Å²) in [6.07, 6.45) is -0.633. The average molecular weight is 364 g/mol. The van der Waals surface area contributed by atoms with Crippen molar-refractivity contribution in [3.8, 4) is 0 Å². The molecule has 0 bridgehead atoms. The summed E-state index contributed by atoms with van der Waals surface area (Å²) in [6, 6.07) is 12.7. The van der Waals surface area contributed by atoms with Crippen LogP contribution in [0.4, 0.5) is 10.5 Å². The maximum atomic E-state index is 12.4. The van der Waals surface area contributed by atoms with Gasteiger partial charge in [0.25, 0.3) is 5.22 Å². The van der Waals surface area contributed by atoms with Crippen LogP contribution in [0.2, 0.25) is 0 Å². The summed E-state index contributed by atoms with van der Waals surface area (Å²) in [5.74, 6) is 0. The Bertz CT molecular complexity index is 948. The van der Waals surface area contributed by atoms with E-state index in [0.717, 1.165) is 0 Å². The molecule has 0 fully saturated rings. The van der Waals surface area contributed by atoms with E-state index in [2.05, 4.69) is 15.0 Å². The lowest BCUT2D eigenvalue weighted by Crippen LogP contribution is -2.10. The average Bonchev–Trinajstić information content (AvgIpc) is 2.96. The monoisotopic (exact) mass is 364 g/mol. The number of carbonyl (C=O) groups excluding carboxylic acids is 1. The van der Waals surface area contributed by atoms with Crippen LogP contribution >= 0.6 is 10.8 Å². The zero-order valence-electron chi connectivity index (χ0n) is 12.4. The topological polar surface area (TPSA) is 98.5 Å².